The molecule has 3 heteroatoms. The van der Waals surface area contributed by atoms with Crippen molar-refractivity contribution in [2.45, 2.75) is 6.92 Å². The maximum Gasteiger partial charge on any atom is 0.307 e. The molecular weight excluding hydrogens is 164 g/mol. The van der Waals surface area contributed by atoms with Gasteiger partial charge in [-0.1, -0.05) is 36.9 Å². The third kappa shape index (κ3) is 27.6. The Morgan fingerprint density at radius 3 is 2.09 bits per heavy atom. The second kappa shape index (κ2) is 11.7. The summed E-state index contributed by atoms with van der Waals surface area (Å²) in [5.74, 6) is -0.329. The number of hydrogen-bond donors (Lipinski definition) is 0. The van der Waals surface area contributed by atoms with Gasteiger partial charge in [-0.25, -0.2) is 0 Å². The fraction of sp³-hybridized carbons (Fsp3) is 0.125. The normalized spacial score (nSPS) is 7.82. The molecule has 0 aromatic rings. The third-order valence-electron chi connectivity index (χ3n) is 0.458. The summed E-state index contributed by atoms with van der Waals surface area (Å²) in [7, 11) is 0. The van der Waals surface area contributed by atoms with Crippen LogP contribution in [0.3, 0.4) is 0 Å². The molecule has 0 spiro atoms. The Bertz CT molecular complexity index is 150. The highest BCUT2D eigenvalue weighted by Gasteiger charge is 1.79. The minimum atomic E-state index is -0.329. The Morgan fingerprint density at radius 1 is 1.55 bits per heavy atom. The van der Waals surface area contributed by atoms with Crippen molar-refractivity contribution in [2.75, 3.05) is 0 Å². The van der Waals surface area contributed by atoms with Gasteiger partial charge in [-0.15, -0.1) is 0 Å². The Kier molecular flexibility index (Phi) is 13.5. The van der Waals surface area contributed by atoms with Crippen LogP contribution < -0.4 is 0 Å². The zero-order valence-corrected chi connectivity index (χ0v) is 7.17. The number of carbonyl (C=O) groups excluding carboxylic acids is 1. The minimum absolute atomic E-state index is 0.329. The van der Waals surface area contributed by atoms with Crippen LogP contribution in [0, 0.1) is 0 Å². The molecule has 0 aliphatic carbocycles. The zero-order chi connectivity index (χ0) is 9.11. The second-order valence-corrected chi connectivity index (χ2v) is 1.58. The molecule has 0 atom stereocenters. The molecule has 0 aromatic carbocycles. The fourth-order valence-electron chi connectivity index (χ4n) is 0.169. The first-order chi connectivity index (χ1) is 5.18. The lowest BCUT2D eigenvalue weighted by atomic mass is 10.6. The highest BCUT2D eigenvalue weighted by Crippen LogP contribution is 1.74. The van der Waals surface area contributed by atoms with E-state index < -0.39 is 0 Å². The summed E-state index contributed by atoms with van der Waals surface area (Å²) in [6.07, 6.45) is 4.37. The van der Waals surface area contributed by atoms with Crippen LogP contribution in [0.1, 0.15) is 6.92 Å². The van der Waals surface area contributed by atoms with E-state index in [2.05, 4.69) is 17.9 Å². The lowest BCUT2D eigenvalue weighted by Crippen LogP contribution is -1.87. The zero-order valence-electron chi connectivity index (χ0n) is 6.42. The van der Waals surface area contributed by atoms with Gasteiger partial charge in [0.2, 0.25) is 0 Å². The fourth-order valence-corrected chi connectivity index (χ4v) is 0.272. The molecule has 0 aliphatic rings. The summed E-state index contributed by atoms with van der Waals surface area (Å²) in [6.45, 7) is 7.86. The van der Waals surface area contributed by atoms with Crippen molar-refractivity contribution in [3.8, 4) is 0 Å². The van der Waals surface area contributed by atoms with E-state index in [0.29, 0.717) is 0 Å². The Morgan fingerprint density at radius 2 is 2.09 bits per heavy atom. The van der Waals surface area contributed by atoms with Crippen LogP contribution in [0.2, 0.25) is 0 Å². The number of esters is 1. The van der Waals surface area contributed by atoms with Crippen molar-refractivity contribution < 1.29 is 9.53 Å². The maximum absolute atomic E-state index is 9.75. The number of rotatable bonds is 2. The molecule has 0 aromatic heterocycles. The van der Waals surface area contributed by atoms with E-state index in [1.54, 1.807) is 12.2 Å². The standard InChI is InChI=1S/C4H5Cl.C4H6O2/c1-2-3-4-5;1-3-6-4(2)5/h2-4H,1H2;3H,1H2,2H3. The first-order valence-corrected chi connectivity index (χ1v) is 3.28. The quantitative estimate of drug-likeness (QED) is 0.366. The molecule has 62 valence electrons. The Hall–Kier alpha value is -1.02. The first kappa shape index (κ1) is 12.6. The smallest absolute Gasteiger partial charge is 0.307 e. The largest absolute Gasteiger partial charge is 0.435 e. The van der Waals surface area contributed by atoms with Crippen molar-refractivity contribution >= 4 is 17.6 Å². The first-order valence-electron chi connectivity index (χ1n) is 2.85. The summed E-state index contributed by atoms with van der Waals surface area (Å²) in [5, 5.41) is 0. The summed E-state index contributed by atoms with van der Waals surface area (Å²) in [5.41, 5.74) is 1.41. The minimum Gasteiger partial charge on any atom is -0.435 e. The van der Waals surface area contributed by atoms with Crippen molar-refractivity contribution in [1.29, 1.82) is 0 Å². The van der Waals surface area contributed by atoms with Crippen molar-refractivity contribution in [3.63, 3.8) is 0 Å². The van der Waals surface area contributed by atoms with Crippen LogP contribution in [0.5, 0.6) is 0 Å². The van der Waals surface area contributed by atoms with Crippen LogP contribution in [-0.2, 0) is 9.53 Å². The number of hydrogen-bond acceptors (Lipinski definition) is 2. The summed E-state index contributed by atoms with van der Waals surface area (Å²) in [6, 6.07) is 0. The number of halogens is 1. The SMILES string of the molecule is C=CC=CCl.C=COC(C)=O. The van der Waals surface area contributed by atoms with Gasteiger partial charge in [0, 0.05) is 12.5 Å². The molecule has 0 bridgehead atoms. The van der Waals surface area contributed by atoms with Gasteiger partial charge < -0.3 is 4.74 Å². The van der Waals surface area contributed by atoms with Crippen LogP contribution in [0.4, 0.5) is 0 Å². The molecular formula is C8H11ClO2. The van der Waals surface area contributed by atoms with Gasteiger partial charge in [0.15, 0.2) is 0 Å². The lowest BCUT2D eigenvalue weighted by Gasteiger charge is -1.83. The molecule has 0 heterocycles. The van der Waals surface area contributed by atoms with Crippen LogP contribution in [0.15, 0.2) is 37.1 Å². The maximum atomic E-state index is 9.75. The molecule has 0 radical (unpaired) electrons. The van der Waals surface area contributed by atoms with E-state index >= 15 is 0 Å². The highest BCUT2D eigenvalue weighted by atomic mass is 35.5. The molecule has 0 unspecified atom stereocenters. The molecule has 0 aliphatic heterocycles. The van der Waals surface area contributed by atoms with Crippen LogP contribution >= 0.6 is 11.6 Å². The van der Waals surface area contributed by atoms with Crippen molar-refractivity contribution in [2.24, 2.45) is 0 Å². The molecule has 11 heavy (non-hydrogen) atoms. The van der Waals surface area contributed by atoms with Gasteiger partial charge in [-0.3, -0.25) is 4.79 Å². The predicted molar refractivity (Wildman–Crippen MR) is 47.2 cm³/mol. The summed E-state index contributed by atoms with van der Waals surface area (Å²) in [4.78, 5) is 9.75. The molecule has 0 N–H and O–H groups in total. The average Bonchev–Trinajstić information content (AvgIpc) is 1.90. The molecule has 0 rings (SSSR count). The van der Waals surface area contributed by atoms with Gasteiger partial charge in [-0.2, -0.15) is 0 Å². The lowest BCUT2D eigenvalue weighted by molar-refractivity contribution is -0.135. The van der Waals surface area contributed by atoms with Gasteiger partial charge in [-0.05, 0) is 0 Å². The van der Waals surface area contributed by atoms with Gasteiger partial charge in [0.1, 0.15) is 0 Å². The average molecular weight is 175 g/mol. The van der Waals surface area contributed by atoms with Gasteiger partial charge >= 0.3 is 5.97 Å². The van der Waals surface area contributed by atoms with E-state index in [9.17, 15) is 4.79 Å². The van der Waals surface area contributed by atoms with Crippen LogP contribution in [-0.4, -0.2) is 5.97 Å². The number of ether oxygens (including phenoxy) is 1. The monoisotopic (exact) mass is 174 g/mol. The molecule has 0 saturated heterocycles. The van der Waals surface area contributed by atoms with Crippen molar-refractivity contribution in [3.05, 3.63) is 37.1 Å². The topological polar surface area (TPSA) is 26.3 Å². The van der Waals surface area contributed by atoms with E-state index in [4.69, 9.17) is 11.6 Å². The summed E-state index contributed by atoms with van der Waals surface area (Å²) < 4.78 is 4.17. The van der Waals surface area contributed by atoms with Gasteiger partial charge in [0.05, 0.1) is 6.26 Å². The van der Waals surface area contributed by atoms with Crippen molar-refractivity contribution in [1.82, 2.24) is 0 Å². The molecule has 2 nitrogen and oxygen atoms in total. The molecule has 0 saturated carbocycles. The predicted octanol–water partition coefficient (Wildman–Crippen LogP) is 2.62. The highest BCUT2D eigenvalue weighted by molar-refractivity contribution is 6.25. The third-order valence-corrected chi connectivity index (χ3v) is 0.604. The molecule has 0 amide bonds. The summed E-state index contributed by atoms with van der Waals surface area (Å²) >= 11 is 5.05. The number of carbonyl (C=O) groups is 1. The van der Waals surface area contributed by atoms with E-state index in [0.717, 1.165) is 6.26 Å². The second-order valence-electron chi connectivity index (χ2n) is 1.33. The Labute approximate surface area is 71.8 Å². The number of allylic oxidation sites excluding steroid dienone is 2. The molecule has 0 fully saturated rings. The van der Waals surface area contributed by atoms with E-state index in [1.807, 2.05) is 0 Å². The van der Waals surface area contributed by atoms with E-state index in [1.165, 1.54) is 12.5 Å². The van der Waals surface area contributed by atoms with Crippen LogP contribution in [0.25, 0.3) is 0 Å². The van der Waals surface area contributed by atoms with E-state index in [-0.39, 0.29) is 5.97 Å². The Balaban J connectivity index is 0. The van der Waals surface area contributed by atoms with Gasteiger partial charge in [0.25, 0.3) is 0 Å².